The van der Waals surface area contributed by atoms with E-state index in [0.717, 1.165) is 30.6 Å². The zero-order valence-electron chi connectivity index (χ0n) is 21.9. The minimum absolute atomic E-state index is 0.0136. The first-order valence-corrected chi connectivity index (χ1v) is 13.4. The third kappa shape index (κ3) is 5.57. The van der Waals surface area contributed by atoms with Crippen LogP contribution in [0.15, 0.2) is 24.3 Å². The fourth-order valence-electron chi connectivity index (χ4n) is 5.44. The summed E-state index contributed by atoms with van der Waals surface area (Å²) in [5.74, 6) is -3.55. The number of para-hydroxylation sites is 2. The number of nitrogens with zero attached hydrogens (tertiary/aromatic N) is 3. The second-order valence-electron chi connectivity index (χ2n) is 11.2. The number of fused-ring (bicyclic) bond motifs is 1. The highest BCUT2D eigenvalue weighted by Crippen LogP contribution is 2.41. The van der Waals surface area contributed by atoms with Gasteiger partial charge in [-0.1, -0.05) is 37.8 Å². The molecule has 10 nitrogen and oxygen atoms in total. The quantitative estimate of drug-likeness (QED) is 0.501. The van der Waals surface area contributed by atoms with Crippen LogP contribution in [0.2, 0.25) is 0 Å². The van der Waals surface area contributed by atoms with E-state index in [-0.39, 0.29) is 37.6 Å². The van der Waals surface area contributed by atoms with Crippen LogP contribution in [-0.2, 0) is 19.2 Å². The molecule has 0 bridgehead atoms. The summed E-state index contributed by atoms with van der Waals surface area (Å²) in [5.41, 5.74) is -1.04. The molecule has 2 aliphatic carbocycles. The molecule has 1 aromatic carbocycles. The molecule has 4 aliphatic rings. The van der Waals surface area contributed by atoms with Gasteiger partial charge in [-0.15, -0.1) is 0 Å². The normalized spacial score (nSPS) is 25.2. The first-order chi connectivity index (χ1) is 18.9. The third-order valence-electron chi connectivity index (χ3n) is 8.09. The zero-order valence-corrected chi connectivity index (χ0v) is 21.9. The molecule has 5 rings (SSSR count). The lowest BCUT2D eigenvalue weighted by Crippen LogP contribution is -2.58. The van der Waals surface area contributed by atoms with Gasteiger partial charge in [0.05, 0.1) is 18.3 Å². The van der Waals surface area contributed by atoms with E-state index in [2.05, 4.69) is 11.4 Å². The second-order valence-corrected chi connectivity index (χ2v) is 11.2. The van der Waals surface area contributed by atoms with Gasteiger partial charge in [0.25, 0.3) is 5.91 Å². The van der Waals surface area contributed by atoms with Crippen LogP contribution in [0, 0.1) is 23.2 Å². The summed E-state index contributed by atoms with van der Waals surface area (Å²) in [4.78, 5) is 54.6. The van der Waals surface area contributed by atoms with E-state index in [4.69, 9.17) is 4.74 Å². The number of amides is 4. The van der Waals surface area contributed by atoms with Gasteiger partial charge in [-0.05, 0) is 36.8 Å². The predicted octanol–water partition coefficient (Wildman–Crippen LogP) is 2.36. The number of rotatable bonds is 8. The maximum atomic E-state index is 14.0. The Morgan fingerprint density at radius 1 is 1.20 bits per heavy atom. The first kappa shape index (κ1) is 27.7. The molecular formula is C27H30F3N5O5. The van der Waals surface area contributed by atoms with Gasteiger partial charge in [-0.3, -0.25) is 19.2 Å². The van der Waals surface area contributed by atoms with Crippen LogP contribution in [0.25, 0.3) is 0 Å². The van der Waals surface area contributed by atoms with Crippen molar-refractivity contribution in [1.29, 1.82) is 5.26 Å². The SMILES string of the molecule is CN(C(=O)[C@H](CC1CC1)NC(=O)C(F)(F)F)[C@@H](CC1CC1)C(=O)N1C[C@@]2(C[C@H]1C#N)Oc1ccccc1NC2=O. The van der Waals surface area contributed by atoms with E-state index in [0.29, 0.717) is 11.4 Å². The minimum Gasteiger partial charge on any atom is -0.473 e. The lowest BCUT2D eigenvalue weighted by Gasteiger charge is -2.36. The molecule has 2 aliphatic heterocycles. The number of nitrogens with one attached hydrogen (secondary N) is 2. The Morgan fingerprint density at radius 2 is 1.85 bits per heavy atom. The predicted molar refractivity (Wildman–Crippen MR) is 133 cm³/mol. The molecule has 0 radical (unpaired) electrons. The molecule has 1 aromatic rings. The Bertz CT molecular complexity index is 1260. The molecule has 4 amide bonds. The Morgan fingerprint density at radius 3 is 2.48 bits per heavy atom. The van der Waals surface area contributed by atoms with Crippen molar-refractivity contribution in [1.82, 2.24) is 15.1 Å². The van der Waals surface area contributed by atoms with Gasteiger partial charge >= 0.3 is 12.1 Å². The average molecular weight is 562 g/mol. The van der Waals surface area contributed by atoms with Crippen molar-refractivity contribution in [2.24, 2.45) is 11.8 Å². The van der Waals surface area contributed by atoms with Crippen LogP contribution >= 0.6 is 0 Å². The van der Waals surface area contributed by atoms with E-state index < -0.39 is 53.5 Å². The Kier molecular flexibility index (Phi) is 7.14. The molecule has 214 valence electrons. The fraction of sp³-hybridized carbons (Fsp3) is 0.593. The lowest BCUT2D eigenvalue weighted by molar-refractivity contribution is -0.175. The van der Waals surface area contributed by atoms with Gasteiger partial charge in [0, 0.05) is 13.5 Å². The molecule has 13 heteroatoms. The average Bonchev–Trinajstić information content (AvgIpc) is 3.85. The minimum atomic E-state index is -5.16. The maximum absolute atomic E-state index is 14.0. The van der Waals surface area contributed by atoms with Crippen molar-refractivity contribution >= 4 is 29.3 Å². The van der Waals surface area contributed by atoms with E-state index in [1.165, 1.54) is 11.9 Å². The number of alkyl halides is 3. The number of nitriles is 1. The lowest BCUT2D eigenvalue weighted by atomic mass is 9.97. The molecule has 2 heterocycles. The smallest absolute Gasteiger partial charge is 0.471 e. The number of halogens is 3. The molecule has 2 N–H and O–H groups in total. The molecule has 4 atom stereocenters. The summed E-state index contributed by atoms with van der Waals surface area (Å²) in [6.07, 6.45) is -1.82. The third-order valence-corrected chi connectivity index (χ3v) is 8.09. The van der Waals surface area contributed by atoms with Crippen molar-refractivity contribution in [3.05, 3.63) is 24.3 Å². The van der Waals surface area contributed by atoms with Gasteiger partial charge in [-0.25, -0.2) is 0 Å². The van der Waals surface area contributed by atoms with Crippen LogP contribution < -0.4 is 15.4 Å². The molecule has 2 saturated carbocycles. The summed E-state index contributed by atoms with van der Waals surface area (Å²) >= 11 is 0. The molecule has 1 spiro atoms. The van der Waals surface area contributed by atoms with Gasteiger partial charge in [0.1, 0.15) is 23.9 Å². The summed E-state index contributed by atoms with van der Waals surface area (Å²) in [6, 6.07) is 5.30. The molecule has 0 unspecified atom stereocenters. The summed E-state index contributed by atoms with van der Waals surface area (Å²) in [6.45, 7) is -0.232. The molecule has 40 heavy (non-hydrogen) atoms. The van der Waals surface area contributed by atoms with Crippen LogP contribution in [0.1, 0.15) is 44.9 Å². The number of anilines is 1. The number of likely N-dealkylation sites (N-methyl/N-ethyl adjacent to an activating group) is 1. The standard InChI is InChI=1S/C27H30F3N5O5/c1-34(22(36)19(10-15-6-7-15)33-25(39)27(28,29)30)20(11-16-8-9-16)23(37)35-14-26(12-17(35)13-31)24(38)32-18-4-2-3-5-21(18)40-26/h2-5,15-17,19-20H,6-12,14H2,1H3,(H,32,38)(H,33,39)/t17-,19-,20-,26+/m0/s1. The van der Waals surface area contributed by atoms with Crippen LogP contribution in [0.4, 0.5) is 18.9 Å². The topological polar surface area (TPSA) is 132 Å². The number of carbonyl (C=O) groups is 4. The van der Waals surface area contributed by atoms with E-state index >= 15 is 0 Å². The number of ether oxygens (including phenoxy) is 1. The molecular weight excluding hydrogens is 531 g/mol. The Hall–Kier alpha value is -3.82. The van der Waals surface area contributed by atoms with Crippen molar-refractivity contribution in [3.63, 3.8) is 0 Å². The van der Waals surface area contributed by atoms with Gasteiger partial charge in [0.15, 0.2) is 0 Å². The molecule has 3 fully saturated rings. The van der Waals surface area contributed by atoms with Crippen LogP contribution in [-0.4, -0.2) is 76.9 Å². The van der Waals surface area contributed by atoms with Crippen molar-refractivity contribution in [2.75, 3.05) is 18.9 Å². The maximum Gasteiger partial charge on any atom is 0.471 e. The largest absolute Gasteiger partial charge is 0.473 e. The molecule has 0 aromatic heterocycles. The monoisotopic (exact) mass is 561 g/mol. The Balaban J connectivity index is 1.37. The van der Waals surface area contributed by atoms with E-state index in [9.17, 15) is 37.6 Å². The van der Waals surface area contributed by atoms with Crippen molar-refractivity contribution in [3.8, 4) is 11.8 Å². The number of likely N-dealkylation sites (tertiary alicyclic amines) is 1. The number of hydrogen-bond acceptors (Lipinski definition) is 6. The van der Waals surface area contributed by atoms with Crippen molar-refractivity contribution < 1.29 is 37.1 Å². The summed E-state index contributed by atoms with van der Waals surface area (Å²) < 4.78 is 45.1. The highest BCUT2D eigenvalue weighted by molar-refractivity contribution is 6.02. The summed E-state index contributed by atoms with van der Waals surface area (Å²) in [7, 11) is 1.33. The van der Waals surface area contributed by atoms with E-state index in [1.54, 1.807) is 24.3 Å². The van der Waals surface area contributed by atoms with Crippen LogP contribution in [0.5, 0.6) is 5.75 Å². The number of hydrogen-bond donors (Lipinski definition) is 2. The Labute approximate surface area is 228 Å². The molecule has 1 saturated heterocycles. The van der Waals surface area contributed by atoms with Crippen LogP contribution in [0.3, 0.4) is 0 Å². The van der Waals surface area contributed by atoms with Crippen molar-refractivity contribution in [2.45, 2.75) is 74.8 Å². The van der Waals surface area contributed by atoms with Gasteiger partial charge < -0.3 is 25.2 Å². The number of carbonyl (C=O) groups excluding carboxylic acids is 4. The second kappa shape index (κ2) is 10.3. The highest BCUT2D eigenvalue weighted by Gasteiger charge is 2.56. The highest BCUT2D eigenvalue weighted by atomic mass is 19.4. The van der Waals surface area contributed by atoms with Gasteiger partial charge in [0.2, 0.25) is 17.4 Å². The first-order valence-electron chi connectivity index (χ1n) is 13.4. The van der Waals surface area contributed by atoms with Gasteiger partial charge in [-0.2, -0.15) is 18.4 Å². The van der Waals surface area contributed by atoms with E-state index in [1.807, 2.05) is 5.32 Å². The number of benzene rings is 1. The zero-order chi connectivity index (χ0) is 28.8. The summed E-state index contributed by atoms with van der Waals surface area (Å²) in [5, 5.41) is 14.5. The fourth-order valence-corrected chi connectivity index (χ4v) is 5.44.